The standard InChI is InChI=1S/C28H24O8/c1-3-26(30)34-17-16-33-23-10-8-22(9-11-23)28(32)36-25-14-6-21(7-15-25)20-4-12-24(13-5-20)35-27(31)19(2)18-29/h3-15,29H,1-2,16-18H2. The Bertz CT molecular complexity index is 1230. The van der Waals surface area contributed by atoms with E-state index in [1.807, 2.05) is 0 Å². The number of aliphatic hydroxyl groups excluding tert-OH is 1. The van der Waals surface area contributed by atoms with Gasteiger partial charge in [0.05, 0.1) is 17.7 Å². The fourth-order valence-electron chi connectivity index (χ4n) is 2.89. The van der Waals surface area contributed by atoms with Crippen LogP contribution in [0.1, 0.15) is 10.4 Å². The van der Waals surface area contributed by atoms with Gasteiger partial charge in [-0.1, -0.05) is 37.4 Å². The van der Waals surface area contributed by atoms with E-state index >= 15 is 0 Å². The molecule has 3 rings (SSSR count). The number of hydrogen-bond acceptors (Lipinski definition) is 8. The highest BCUT2D eigenvalue weighted by Gasteiger charge is 2.11. The second-order valence-electron chi connectivity index (χ2n) is 7.33. The lowest BCUT2D eigenvalue weighted by atomic mass is 10.1. The molecule has 0 saturated carbocycles. The third-order valence-electron chi connectivity index (χ3n) is 4.80. The molecule has 0 atom stereocenters. The molecule has 0 unspecified atom stereocenters. The number of aliphatic hydroxyl groups is 1. The molecule has 0 saturated heterocycles. The summed E-state index contributed by atoms with van der Waals surface area (Å²) in [6.07, 6.45) is 1.07. The van der Waals surface area contributed by atoms with Gasteiger partial charge in [0.15, 0.2) is 0 Å². The predicted octanol–water partition coefficient (Wildman–Crippen LogP) is 4.13. The van der Waals surface area contributed by atoms with Crippen LogP contribution in [0.3, 0.4) is 0 Å². The van der Waals surface area contributed by atoms with Crippen molar-refractivity contribution in [1.29, 1.82) is 0 Å². The number of carbonyl (C=O) groups excluding carboxylic acids is 3. The summed E-state index contributed by atoms with van der Waals surface area (Å²) in [6.45, 7) is 6.52. The fraction of sp³-hybridized carbons (Fsp3) is 0.107. The largest absolute Gasteiger partial charge is 0.490 e. The van der Waals surface area contributed by atoms with Crippen LogP contribution in [0, 0.1) is 0 Å². The van der Waals surface area contributed by atoms with Crippen molar-refractivity contribution in [2.45, 2.75) is 0 Å². The number of carbonyl (C=O) groups is 3. The van der Waals surface area contributed by atoms with Crippen LogP contribution in [0.15, 0.2) is 97.6 Å². The monoisotopic (exact) mass is 488 g/mol. The number of ether oxygens (including phenoxy) is 4. The Morgan fingerprint density at radius 2 is 1.28 bits per heavy atom. The van der Waals surface area contributed by atoms with E-state index in [1.54, 1.807) is 72.8 Å². The molecular formula is C28H24O8. The number of hydrogen-bond donors (Lipinski definition) is 1. The first-order valence-corrected chi connectivity index (χ1v) is 10.8. The van der Waals surface area contributed by atoms with Crippen molar-refractivity contribution in [3.63, 3.8) is 0 Å². The summed E-state index contributed by atoms with van der Waals surface area (Å²) in [6, 6.07) is 20.2. The highest BCUT2D eigenvalue weighted by molar-refractivity contribution is 5.91. The molecule has 0 bridgehead atoms. The molecule has 3 aromatic carbocycles. The van der Waals surface area contributed by atoms with Gasteiger partial charge < -0.3 is 24.1 Å². The second-order valence-corrected chi connectivity index (χ2v) is 7.33. The van der Waals surface area contributed by atoms with E-state index in [0.29, 0.717) is 22.8 Å². The Hall–Kier alpha value is -4.69. The first-order valence-electron chi connectivity index (χ1n) is 10.8. The molecular weight excluding hydrogens is 464 g/mol. The van der Waals surface area contributed by atoms with Crippen LogP contribution in [-0.2, 0) is 14.3 Å². The first kappa shape index (κ1) is 25.9. The van der Waals surface area contributed by atoms with Crippen molar-refractivity contribution in [3.05, 3.63) is 103 Å². The summed E-state index contributed by atoms with van der Waals surface area (Å²) in [5, 5.41) is 8.93. The quantitative estimate of drug-likeness (QED) is 0.186. The van der Waals surface area contributed by atoms with Gasteiger partial charge in [-0.15, -0.1) is 0 Å². The maximum Gasteiger partial charge on any atom is 0.343 e. The molecule has 184 valence electrons. The van der Waals surface area contributed by atoms with Crippen LogP contribution in [0.4, 0.5) is 0 Å². The normalized spacial score (nSPS) is 10.1. The van der Waals surface area contributed by atoms with Crippen molar-refractivity contribution in [1.82, 2.24) is 0 Å². The highest BCUT2D eigenvalue weighted by Crippen LogP contribution is 2.25. The Morgan fingerprint density at radius 1 is 0.750 bits per heavy atom. The van der Waals surface area contributed by atoms with Crippen molar-refractivity contribution >= 4 is 17.9 Å². The summed E-state index contributed by atoms with van der Waals surface area (Å²) in [7, 11) is 0. The smallest absolute Gasteiger partial charge is 0.343 e. The van der Waals surface area contributed by atoms with E-state index in [1.165, 1.54) is 0 Å². The molecule has 0 radical (unpaired) electrons. The summed E-state index contributed by atoms with van der Waals surface area (Å²) in [4.78, 5) is 35.1. The molecule has 0 aliphatic rings. The lowest BCUT2D eigenvalue weighted by Gasteiger charge is -2.09. The maximum absolute atomic E-state index is 12.5. The second kappa shape index (κ2) is 12.7. The molecule has 0 aliphatic carbocycles. The maximum atomic E-state index is 12.5. The molecule has 8 heteroatoms. The van der Waals surface area contributed by atoms with Gasteiger partial charge in [-0.25, -0.2) is 14.4 Å². The van der Waals surface area contributed by atoms with Crippen LogP contribution < -0.4 is 14.2 Å². The molecule has 1 N–H and O–H groups in total. The molecule has 3 aromatic rings. The predicted molar refractivity (Wildman–Crippen MR) is 132 cm³/mol. The third-order valence-corrected chi connectivity index (χ3v) is 4.80. The fourth-order valence-corrected chi connectivity index (χ4v) is 2.89. The Labute approximate surface area is 208 Å². The van der Waals surface area contributed by atoms with Gasteiger partial charge in [0, 0.05) is 6.08 Å². The van der Waals surface area contributed by atoms with Crippen molar-refractivity contribution in [2.75, 3.05) is 19.8 Å². The summed E-state index contributed by atoms with van der Waals surface area (Å²) in [5.74, 6) is -0.510. The Morgan fingerprint density at radius 3 is 1.81 bits per heavy atom. The Balaban J connectivity index is 1.53. The molecule has 0 amide bonds. The molecule has 0 spiro atoms. The van der Waals surface area contributed by atoms with Crippen LogP contribution in [0.5, 0.6) is 17.2 Å². The van der Waals surface area contributed by atoms with Gasteiger partial charge in [-0.3, -0.25) is 0 Å². The molecule has 8 nitrogen and oxygen atoms in total. The van der Waals surface area contributed by atoms with Gasteiger partial charge >= 0.3 is 17.9 Å². The van der Waals surface area contributed by atoms with Crippen molar-refractivity contribution in [2.24, 2.45) is 0 Å². The minimum atomic E-state index is -0.690. The Kier molecular flexibility index (Phi) is 9.13. The van der Waals surface area contributed by atoms with E-state index < -0.39 is 24.5 Å². The minimum absolute atomic E-state index is 0.0303. The van der Waals surface area contributed by atoms with Crippen LogP contribution in [-0.4, -0.2) is 42.8 Å². The summed E-state index contributed by atoms with van der Waals surface area (Å²) < 4.78 is 20.8. The van der Waals surface area contributed by atoms with Gasteiger partial charge in [-0.05, 0) is 59.7 Å². The topological polar surface area (TPSA) is 108 Å². The van der Waals surface area contributed by atoms with Gasteiger partial charge in [0.25, 0.3) is 0 Å². The third kappa shape index (κ3) is 7.41. The average molecular weight is 488 g/mol. The van der Waals surface area contributed by atoms with Crippen LogP contribution in [0.2, 0.25) is 0 Å². The van der Waals surface area contributed by atoms with E-state index in [0.717, 1.165) is 17.2 Å². The molecule has 0 heterocycles. The molecule has 0 fully saturated rings. The lowest BCUT2D eigenvalue weighted by molar-refractivity contribution is -0.138. The average Bonchev–Trinajstić information content (AvgIpc) is 2.91. The molecule has 0 aliphatic heterocycles. The van der Waals surface area contributed by atoms with Gasteiger partial charge in [0.2, 0.25) is 0 Å². The summed E-state index contributed by atoms with van der Waals surface area (Å²) in [5.41, 5.74) is 2.05. The first-order chi connectivity index (χ1) is 17.4. The van der Waals surface area contributed by atoms with E-state index in [9.17, 15) is 14.4 Å². The zero-order chi connectivity index (χ0) is 25.9. The zero-order valence-electron chi connectivity index (χ0n) is 19.3. The van der Waals surface area contributed by atoms with E-state index in [-0.39, 0.29) is 18.8 Å². The van der Waals surface area contributed by atoms with Gasteiger partial charge in [-0.2, -0.15) is 0 Å². The van der Waals surface area contributed by atoms with E-state index in [4.69, 9.17) is 24.1 Å². The van der Waals surface area contributed by atoms with Gasteiger partial charge in [0.1, 0.15) is 30.5 Å². The molecule has 0 aromatic heterocycles. The summed E-state index contributed by atoms with van der Waals surface area (Å²) >= 11 is 0. The van der Waals surface area contributed by atoms with Crippen molar-refractivity contribution in [3.8, 4) is 28.4 Å². The zero-order valence-corrected chi connectivity index (χ0v) is 19.3. The SMILES string of the molecule is C=CC(=O)OCCOc1ccc(C(=O)Oc2ccc(-c3ccc(OC(=O)C(=C)CO)cc3)cc2)cc1. The number of rotatable bonds is 11. The van der Waals surface area contributed by atoms with Crippen LogP contribution in [0.25, 0.3) is 11.1 Å². The van der Waals surface area contributed by atoms with Crippen molar-refractivity contribution < 1.29 is 38.4 Å². The number of benzene rings is 3. The number of esters is 3. The van der Waals surface area contributed by atoms with Crippen LogP contribution >= 0.6 is 0 Å². The highest BCUT2D eigenvalue weighted by atomic mass is 16.6. The molecule has 36 heavy (non-hydrogen) atoms. The lowest BCUT2D eigenvalue weighted by Crippen LogP contribution is -2.12. The minimum Gasteiger partial charge on any atom is -0.490 e. The van der Waals surface area contributed by atoms with E-state index in [2.05, 4.69) is 13.2 Å².